The maximum Gasteiger partial charge on any atom is 0.573 e. The summed E-state index contributed by atoms with van der Waals surface area (Å²) in [6.45, 7) is 11.9. The van der Waals surface area contributed by atoms with Crippen LogP contribution in [0.25, 0.3) is 11.2 Å². The largest absolute Gasteiger partial charge is 0.573 e. The third-order valence-electron chi connectivity index (χ3n) is 10.4. The van der Waals surface area contributed by atoms with Gasteiger partial charge in [-0.15, -0.1) is 13.2 Å². The van der Waals surface area contributed by atoms with E-state index in [1.54, 1.807) is 71.9 Å². The van der Waals surface area contributed by atoms with Crippen molar-refractivity contribution in [1.29, 1.82) is 0 Å². The molecule has 0 N–H and O–H groups in total. The van der Waals surface area contributed by atoms with Gasteiger partial charge in [0.25, 0.3) is 5.60 Å². The number of benzene rings is 2. The number of anilines is 1. The second-order valence-corrected chi connectivity index (χ2v) is 18.3. The summed E-state index contributed by atoms with van der Waals surface area (Å²) < 4.78 is 102. The smallest absolute Gasteiger partial charge is 0.462 e. The van der Waals surface area contributed by atoms with Gasteiger partial charge in [-0.05, 0) is 76.4 Å². The van der Waals surface area contributed by atoms with E-state index >= 15 is 4.39 Å². The third kappa shape index (κ3) is 13.3. The van der Waals surface area contributed by atoms with Crippen LogP contribution in [-0.2, 0) is 55.8 Å². The Morgan fingerprint density at radius 1 is 0.868 bits per heavy atom. The number of amides is 2. The number of imide groups is 1. The first-order valence-corrected chi connectivity index (χ1v) is 21.9. The molecule has 18 nitrogen and oxygen atoms in total. The number of hydrogen-bond donors (Lipinski definition) is 0. The number of ether oxygens (including phenoxy) is 8. The van der Waals surface area contributed by atoms with Crippen LogP contribution in [0.5, 0.6) is 5.75 Å². The number of morpholine rings is 1. The van der Waals surface area contributed by atoms with Crippen molar-refractivity contribution in [2.24, 2.45) is 5.92 Å². The fourth-order valence-electron chi connectivity index (χ4n) is 7.14. The number of rotatable bonds is 15. The number of halogens is 5. The molecule has 4 aromatic rings. The van der Waals surface area contributed by atoms with Gasteiger partial charge in [0.1, 0.15) is 30.2 Å². The predicted molar refractivity (Wildman–Crippen MR) is 233 cm³/mol. The number of carbonyl (C=O) groups excluding carboxylic acids is 4. The quantitative estimate of drug-likeness (QED) is 0.0373. The lowest BCUT2D eigenvalue weighted by molar-refractivity contribution is -0.274. The molecule has 0 aliphatic carbocycles. The summed E-state index contributed by atoms with van der Waals surface area (Å²) in [5.74, 6) is -4.62. The number of aromatic nitrogens is 4. The molecule has 0 saturated carbocycles. The van der Waals surface area contributed by atoms with Gasteiger partial charge < -0.3 is 37.9 Å². The van der Waals surface area contributed by atoms with E-state index in [2.05, 4.69) is 19.7 Å². The molecule has 23 heteroatoms. The first-order chi connectivity index (χ1) is 31.9. The lowest BCUT2D eigenvalue weighted by Gasteiger charge is -2.32. The van der Waals surface area contributed by atoms with Gasteiger partial charge in [-0.2, -0.15) is 14.9 Å². The summed E-state index contributed by atoms with van der Waals surface area (Å²) in [6.07, 6.45) is -11.7. The summed E-state index contributed by atoms with van der Waals surface area (Å²) in [5, 5.41) is -0.483. The van der Waals surface area contributed by atoms with Crippen LogP contribution in [-0.4, -0.2) is 130 Å². The Morgan fingerprint density at radius 3 is 2.13 bits per heavy atom. The Kier molecular flexibility index (Phi) is 16.2. The molecule has 0 radical (unpaired) electrons. The standard InChI is InChI=1S/C45H53ClF4N6O12/c1-27-31(65-36(32(27)47)55-26-51-33-34(55)52-39(46)53-35(33)56(40(59)67-42(2,3)4)41(60)68-43(5,6)7)25-64-44(38(58)63-24-28-12-9-8-10-13-28,37(57)62-21-18-54-16-19-61-20-17-54)23-29-14-11-15-30(22-29)66-45(48,49)50/h8-15,22,26-27,31-32,36H,16-21,23-25H2,1-7H3/t27-,31-,32+,36-,44?/m1/s1. The average molecular weight is 981 g/mol. The van der Waals surface area contributed by atoms with Gasteiger partial charge in [0.05, 0.1) is 32.3 Å². The fraction of sp³-hybridized carbons (Fsp3) is 0.533. The molecule has 0 spiro atoms. The van der Waals surface area contributed by atoms with Crippen molar-refractivity contribution in [2.75, 3.05) is 51.0 Å². The van der Waals surface area contributed by atoms with E-state index in [1.807, 2.05) is 4.90 Å². The molecule has 4 heterocycles. The lowest BCUT2D eigenvalue weighted by Crippen LogP contribution is -2.54. The minimum atomic E-state index is -5.07. The minimum Gasteiger partial charge on any atom is -0.462 e. The minimum absolute atomic E-state index is 0.0146. The molecular weight excluding hydrogens is 928 g/mol. The molecule has 6 rings (SSSR count). The van der Waals surface area contributed by atoms with E-state index in [0.717, 1.165) is 23.0 Å². The van der Waals surface area contributed by atoms with E-state index in [1.165, 1.54) is 19.1 Å². The van der Waals surface area contributed by atoms with Crippen LogP contribution in [0.1, 0.15) is 65.8 Å². The van der Waals surface area contributed by atoms with E-state index in [-0.39, 0.29) is 36.5 Å². The lowest BCUT2D eigenvalue weighted by atomic mass is 9.93. The molecule has 1 unspecified atom stereocenters. The van der Waals surface area contributed by atoms with Crippen molar-refractivity contribution in [3.05, 3.63) is 77.3 Å². The van der Waals surface area contributed by atoms with Crippen LogP contribution >= 0.6 is 11.6 Å². The van der Waals surface area contributed by atoms with E-state index < -0.39 is 102 Å². The third-order valence-corrected chi connectivity index (χ3v) is 10.6. The Bertz CT molecular complexity index is 2380. The average Bonchev–Trinajstić information content (AvgIpc) is 3.79. The first kappa shape index (κ1) is 51.7. The van der Waals surface area contributed by atoms with Crippen LogP contribution in [0.4, 0.5) is 33.0 Å². The topological polar surface area (TPSA) is 192 Å². The monoisotopic (exact) mass is 980 g/mol. The fourth-order valence-corrected chi connectivity index (χ4v) is 7.30. The molecule has 2 aromatic carbocycles. The summed E-state index contributed by atoms with van der Waals surface area (Å²) in [5.41, 5.74) is -4.73. The van der Waals surface area contributed by atoms with Gasteiger partial charge in [0, 0.05) is 32.0 Å². The van der Waals surface area contributed by atoms with Crippen molar-refractivity contribution >= 4 is 52.7 Å². The highest BCUT2D eigenvalue weighted by molar-refractivity contribution is 6.29. The highest BCUT2D eigenvalue weighted by atomic mass is 35.5. The van der Waals surface area contributed by atoms with Gasteiger partial charge in [0.2, 0.25) is 5.28 Å². The van der Waals surface area contributed by atoms with Gasteiger partial charge in [-0.25, -0.2) is 28.6 Å². The number of nitrogens with zero attached hydrogens (tertiary/aromatic N) is 6. The van der Waals surface area contributed by atoms with Crippen LogP contribution in [0.2, 0.25) is 5.28 Å². The highest BCUT2D eigenvalue weighted by Gasteiger charge is 2.53. The zero-order valence-corrected chi connectivity index (χ0v) is 39.2. The normalized spacial score (nSPS) is 20.1. The molecule has 2 aliphatic heterocycles. The molecule has 5 atom stereocenters. The van der Waals surface area contributed by atoms with Crippen LogP contribution < -0.4 is 9.64 Å². The van der Waals surface area contributed by atoms with Crippen LogP contribution in [0, 0.1) is 5.92 Å². The Balaban J connectivity index is 1.34. The zero-order chi connectivity index (χ0) is 49.6. The zero-order valence-electron chi connectivity index (χ0n) is 38.4. The Labute approximate surface area is 394 Å². The van der Waals surface area contributed by atoms with Gasteiger partial charge in [-0.3, -0.25) is 9.47 Å². The summed E-state index contributed by atoms with van der Waals surface area (Å²) in [7, 11) is 0. The van der Waals surface area contributed by atoms with Crippen molar-refractivity contribution in [3.8, 4) is 5.75 Å². The van der Waals surface area contributed by atoms with E-state index in [0.29, 0.717) is 36.8 Å². The summed E-state index contributed by atoms with van der Waals surface area (Å²) >= 11 is 6.38. The van der Waals surface area contributed by atoms with Gasteiger partial charge in [-0.1, -0.05) is 49.4 Å². The molecule has 0 bridgehead atoms. The number of imidazole rings is 1. The van der Waals surface area contributed by atoms with Crippen LogP contribution in [0.15, 0.2) is 60.9 Å². The molecular formula is C45H53ClF4N6O12. The maximum atomic E-state index is 16.7. The number of esters is 2. The molecule has 2 aliphatic rings. The van der Waals surface area contributed by atoms with Gasteiger partial charge in [0.15, 0.2) is 29.4 Å². The van der Waals surface area contributed by atoms with Crippen molar-refractivity contribution < 1.29 is 74.6 Å². The summed E-state index contributed by atoms with van der Waals surface area (Å²) in [4.78, 5) is 71.2. The first-order valence-electron chi connectivity index (χ1n) is 21.6. The molecule has 2 saturated heterocycles. The number of alkyl halides is 4. The molecule has 2 fully saturated rings. The maximum absolute atomic E-state index is 16.7. The van der Waals surface area contributed by atoms with Crippen molar-refractivity contribution in [3.63, 3.8) is 0 Å². The van der Waals surface area contributed by atoms with Crippen molar-refractivity contribution in [1.82, 2.24) is 24.4 Å². The van der Waals surface area contributed by atoms with Gasteiger partial charge >= 0.3 is 30.5 Å². The molecule has 2 amide bonds. The second-order valence-electron chi connectivity index (χ2n) is 18.0. The number of carbonyl (C=O) groups is 4. The second kappa shape index (κ2) is 21.3. The molecule has 2 aromatic heterocycles. The number of hydrogen-bond acceptors (Lipinski definition) is 16. The molecule has 68 heavy (non-hydrogen) atoms. The molecule has 370 valence electrons. The Hall–Kier alpha value is -5.68. The van der Waals surface area contributed by atoms with Crippen LogP contribution in [0.3, 0.4) is 0 Å². The predicted octanol–water partition coefficient (Wildman–Crippen LogP) is 7.54. The number of fused-ring (bicyclic) bond motifs is 1. The van der Waals surface area contributed by atoms with E-state index in [9.17, 15) is 32.3 Å². The van der Waals surface area contributed by atoms with Crippen molar-refractivity contribution in [2.45, 2.75) is 103 Å². The highest BCUT2D eigenvalue weighted by Crippen LogP contribution is 2.40. The SMILES string of the molecule is C[C@H]1[C@H](F)[C@H](n2cnc3c(N(C(=O)OC(C)(C)C)C(=O)OC(C)(C)C)nc(Cl)nc32)O[C@@H]1COC(Cc1cccc(OC(F)(F)F)c1)(C(=O)OCCN1CCOCC1)C(=O)OCc1ccccc1. The van der Waals surface area contributed by atoms with E-state index in [4.69, 9.17) is 44.8 Å². The summed E-state index contributed by atoms with van der Waals surface area (Å²) in [6, 6.07) is 13.1. The Morgan fingerprint density at radius 2 is 1.50 bits per heavy atom.